The summed E-state index contributed by atoms with van der Waals surface area (Å²) in [5.74, 6) is 0. The van der Waals surface area contributed by atoms with Gasteiger partial charge in [-0.25, -0.2) is 0 Å². The van der Waals surface area contributed by atoms with Crippen LogP contribution in [-0.4, -0.2) is 0 Å². The van der Waals surface area contributed by atoms with Crippen molar-refractivity contribution < 1.29 is 5.73 Å². The van der Waals surface area contributed by atoms with Gasteiger partial charge in [-0.1, -0.05) is 18.2 Å². The molecule has 3 heteroatoms. The lowest BCUT2D eigenvalue weighted by molar-refractivity contribution is -0.386. The molecule has 3 nitrogen and oxygen atoms in total. The molecule has 7 N–H and O–H groups in total. The maximum Gasteiger partial charge on any atom is 0.100 e. The fourth-order valence-corrected chi connectivity index (χ4v) is 1.99. The third-order valence-electron chi connectivity index (χ3n) is 2.90. The first kappa shape index (κ1) is 11.5. The summed E-state index contributed by atoms with van der Waals surface area (Å²) in [7, 11) is 0. The van der Waals surface area contributed by atoms with Crippen LogP contribution in [0.15, 0.2) is 36.4 Å². The highest BCUT2D eigenvalue weighted by atomic mass is 14.6. The molecular formula is C14H18N3+. The Morgan fingerprint density at radius 1 is 1.00 bits per heavy atom. The second-order valence-corrected chi connectivity index (χ2v) is 4.26. The summed E-state index contributed by atoms with van der Waals surface area (Å²) in [5, 5.41) is 0. The van der Waals surface area contributed by atoms with Gasteiger partial charge in [-0.05, 0) is 36.2 Å². The van der Waals surface area contributed by atoms with Gasteiger partial charge in [0.05, 0.1) is 0 Å². The molecule has 0 unspecified atom stereocenters. The van der Waals surface area contributed by atoms with E-state index in [0.29, 0.717) is 0 Å². The van der Waals surface area contributed by atoms with E-state index >= 15 is 0 Å². The molecule has 0 spiro atoms. The summed E-state index contributed by atoms with van der Waals surface area (Å²) in [6, 6.07) is 11.9. The van der Waals surface area contributed by atoms with Crippen molar-refractivity contribution in [1.82, 2.24) is 0 Å². The average molecular weight is 228 g/mol. The lowest BCUT2D eigenvalue weighted by atomic mass is 9.96. The van der Waals surface area contributed by atoms with Gasteiger partial charge in [0.2, 0.25) is 0 Å². The fraction of sp³-hybridized carbons (Fsp3) is 0.143. The molecule has 0 amide bonds. The Bertz CT molecular complexity index is 547. The van der Waals surface area contributed by atoms with Gasteiger partial charge in [0.15, 0.2) is 0 Å². The quantitative estimate of drug-likeness (QED) is 0.682. The Balaban J connectivity index is 2.62. The third kappa shape index (κ3) is 2.24. The minimum absolute atomic E-state index is 0.725. The van der Waals surface area contributed by atoms with Crippen molar-refractivity contribution in [3.63, 3.8) is 0 Å². The van der Waals surface area contributed by atoms with Crippen molar-refractivity contribution in [2.24, 2.45) is 0 Å². The Kier molecular flexibility index (Phi) is 3.02. The average Bonchev–Trinajstić information content (AvgIpc) is 2.29. The van der Waals surface area contributed by atoms with Crippen LogP contribution in [-0.2, 0) is 6.54 Å². The summed E-state index contributed by atoms with van der Waals surface area (Å²) in [5.41, 5.74) is 21.8. The number of hydrogen-bond acceptors (Lipinski definition) is 2. The van der Waals surface area contributed by atoms with E-state index in [4.69, 9.17) is 11.5 Å². The van der Waals surface area contributed by atoms with Crippen LogP contribution in [0.2, 0.25) is 0 Å². The molecule has 0 aliphatic heterocycles. The highest BCUT2D eigenvalue weighted by Gasteiger charge is 2.09. The van der Waals surface area contributed by atoms with Crippen LogP contribution in [0, 0.1) is 6.92 Å². The highest BCUT2D eigenvalue weighted by Crippen LogP contribution is 2.30. The first-order chi connectivity index (χ1) is 8.11. The van der Waals surface area contributed by atoms with Crippen molar-refractivity contribution in [3.8, 4) is 11.1 Å². The van der Waals surface area contributed by atoms with E-state index in [1.165, 1.54) is 0 Å². The monoisotopic (exact) mass is 228 g/mol. The molecular weight excluding hydrogens is 210 g/mol. The van der Waals surface area contributed by atoms with E-state index < -0.39 is 0 Å². The number of nitrogens with two attached hydrogens (primary N) is 2. The maximum atomic E-state index is 6.07. The second-order valence-electron chi connectivity index (χ2n) is 4.26. The van der Waals surface area contributed by atoms with Gasteiger partial charge in [0, 0.05) is 22.5 Å². The van der Waals surface area contributed by atoms with E-state index in [1.54, 1.807) is 0 Å². The molecule has 17 heavy (non-hydrogen) atoms. The third-order valence-corrected chi connectivity index (χ3v) is 2.90. The summed E-state index contributed by atoms with van der Waals surface area (Å²) >= 11 is 0. The standard InChI is InChI=1S/C14H17N3/c1-9-2-5-12(14(17)6-9)13-7-11(16)4-3-10(13)8-15/h2-7H,8,15-17H2,1H3/p+1. The van der Waals surface area contributed by atoms with Gasteiger partial charge in [-0.2, -0.15) is 0 Å². The molecule has 0 aromatic heterocycles. The molecule has 0 fully saturated rings. The Labute approximate surface area is 101 Å². The predicted octanol–water partition coefficient (Wildman–Crippen LogP) is 1.57. The summed E-state index contributed by atoms with van der Waals surface area (Å²) < 4.78 is 0. The molecule has 2 aromatic carbocycles. The zero-order chi connectivity index (χ0) is 12.4. The largest absolute Gasteiger partial charge is 0.399 e. The Morgan fingerprint density at radius 2 is 1.76 bits per heavy atom. The van der Waals surface area contributed by atoms with Gasteiger partial charge >= 0.3 is 0 Å². The maximum absolute atomic E-state index is 6.07. The van der Waals surface area contributed by atoms with E-state index in [2.05, 4.69) is 11.8 Å². The van der Waals surface area contributed by atoms with Gasteiger partial charge in [0.25, 0.3) is 0 Å². The van der Waals surface area contributed by atoms with Crippen molar-refractivity contribution in [1.29, 1.82) is 0 Å². The molecule has 2 rings (SSSR count). The van der Waals surface area contributed by atoms with Gasteiger partial charge in [-0.3, -0.25) is 0 Å². The van der Waals surface area contributed by atoms with Crippen molar-refractivity contribution >= 4 is 11.4 Å². The van der Waals surface area contributed by atoms with Crippen molar-refractivity contribution in [2.75, 3.05) is 11.5 Å². The number of rotatable bonds is 2. The zero-order valence-electron chi connectivity index (χ0n) is 10.0. The molecule has 0 saturated heterocycles. The van der Waals surface area contributed by atoms with Crippen LogP contribution in [0.3, 0.4) is 0 Å². The molecule has 0 radical (unpaired) electrons. The predicted molar refractivity (Wildman–Crippen MR) is 72.0 cm³/mol. The number of aryl methyl sites for hydroxylation is 1. The summed E-state index contributed by atoms with van der Waals surface area (Å²) in [6.45, 7) is 2.75. The Hall–Kier alpha value is -2.00. The molecule has 0 atom stereocenters. The summed E-state index contributed by atoms with van der Waals surface area (Å²) in [4.78, 5) is 0. The first-order valence-electron chi connectivity index (χ1n) is 5.66. The number of benzene rings is 2. The molecule has 0 bridgehead atoms. The lowest BCUT2D eigenvalue weighted by Crippen LogP contribution is -2.47. The summed E-state index contributed by atoms with van der Waals surface area (Å²) in [6.07, 6.45) is 0. The minimum atomic E-state index is 0.725. The van der Waals surface area contributed by atoms with Crippen LogP contribution < -0.4 is 17.2 Å². The highest BCUT2D eigenvalue weighted by molar-refractivity contribution is 5.80. The van der Waals surface area contributed by atoms with Gasteiger partial charge < -0.3 is 17.2 Å². The smallest absolute Gasteiger partial charge is 0.100 e. The number of nitrogen functional groups attached to an aromatic ring is 2. The van der Waals surface area contributed by atoms with Gasteiger partial charge in [0.1, 0.15) is 6.54 Å². The number of anilines is 2. The molecule has 2 aromatic rings. The number of quaternary nitrogens is 1. The SMILES string of the molecule is Cc1ccc(-c2cc(N)ccc2C[NH3+])c(N)c1. The van der Waals surface area contributed by atoms with E-state index in [9.17, 15) is 0 Å². The molecule has 0 aliphatic rings. The zero-order valence-corrected chi connectivity index (χ0v) is 10.0. The fourth-order valence-electron chi connectivity index (χ4n) is 1.99. The van der Waals surface area contributed by atoms with Gasteiger partial charge in [-0.15, -0.1) is 0 Å². The molecule has 0 saturated carbocycles. The van der Waals surface area contributed by atoms with Crippen LogP contribution in [0.4, 0.5) is 11.4 Å². The molecule has 0 aliphatic carbocycles. The van der Waals surface area contributed by atoms with E-state index in [1.807, 2.05) is 37.3 Å². The lowest BCUT2D eigenvalue weighted by Gasteiger charge is -2.11. The van der Waals surface area contributed by atoms with E-state index in [-0.39, 0.29) is 0 Å². The normalized spacial score (nSPS) is 10.5. The van der Waals surface area contributed by atoms with Crippen LogP contribution in [0.5, 0.6) is 0 Å². The topological polar surface area (TPSA) is 79.7 Å². The molecule has 0 heterocycles. The van der Waals surface area contributed by atoms with Crippen molar-refractivity contribution in [3.05, 3.63) is 47.5 Å². The second kappa shape index (κ2) is 4.47. The molecule has 88 valence electrons. The van der Waals surface area contributed by atoms with Crippen LogP contribution in [0.1, 0.15) is 11.1 Å². The first-order valence-corrected chi connectivity index (χ1v) is 5.66. The minimum Gasteiger partial charge on any atom is -0.399 e. The van der Waals surface area contributed by atoms with Crippen molar-refractivity contribution in [2.45, 2.75) is 13.5 Å². The van der Waals surface area contributed by atoms with E-state index in [0.717, 1.165) is 40.2 Å². The van der Waals surface area contributed by atoms with Crippen LogP contribution in [0.25, 0.3) is 11.1 Å². The Morgan fingerprint density at radius 3 is 2.41 bits per heavy atom. The number of hydrogen-bond donors (Lipinski definition) is 3. The van der Waals surface area contributed by atoms with Crippen LogP contribution >= 0.6 is 0 Å².